The van der Waals surface area contributed by atoms with Crippen molar-refractivity contribution in [3.63, 3.8) is 0 Å². The van der Waals surface area contributed by atoms with Crippen molar-refractivity contribution in [2.24, 2.45) is 0 Å². The lowest BCUT2D eigenvalue weighted by Crippen LogP contribution is -2.44. The Balaban J connectivity index is 1.53. The van der Waals surface area contributed by atoms with Gasteiger partial charge in [-0.3, -0.25) is 9.69 Å². The van der Waals surface area contributed by atoms with Gasteiger partial charge >= 0.3 is 0 Å². The largest absolute Gasteiger partial charge is 0.350 e. The summed E-state index contributed by atoms with van der Waals surface area (Å²) in [6.45, 7) is 4.78. The molecule has 1 aliphatic heterocycles. The van der Waals surface area contributed by atoms with Crippen LogP contribution in [-0.2, 0) is 13.0 Å². The van der Waals surface area contributed by atoms with Crippen LogP contribution < -0.4 is 5.32 Å². The number of benzene rings is 1. The van der Waals surface area contributed by atoms with Crippen molar-refractivity contribution in [2.75, 3.05) is 13.1 Å². The summed E-state index contributed by atoms with van der Waals surface area (Å²) < 4.78 is 0. The van der Waals surface area contributed by atoms with E-state index in [1.807, 2.05) is 11.3 Å². The molecule has 1 N–H and O–H groups in total. The van der Waals surface area contributed by atoms with Crippen LogP contribution in [0.25, 0.3) is 0 Å². The van der Waals surface area contributed by atoms with E-state index in [-0.39, 0.29) is 5.91 Å². The molecule has 2 heterocycles. The summed E-state index contributed by atoms with van der Waals surface area (Å²) in [5.41, 5.74) is 2.58. The highest BCUT2D eigenvalue weighted by Gasteiger charge is 2.21. The second-order valence-corrected chi connectivity index (χ2v) is 6.84. The number of hydrogen-bond donors (Lipinski definition) is 1. The SMILES string of the molecule is CC(CNC(=O)c1ccc(C#N)cc1)N1CCc2sccc2C1. The molecule has 0 saturated carbocycles. The minimum Gasteiger partial charge on any atom is -0.350 e. The van der Waals surface area contributed by atoms with Crippen molar-refractivity contribution in [3.8, 4) is 6.07 Å². The number of hydrogen-bond acceptors (Lipinski definition) is 4. The number of rotatable bonds is 4. The molecule has 118 valence electrons. The third-order valence-electron chi connectivity index (χ3n) is 4.29. The van der Waals surface area contributed by atoms with Gasteiger partial charge in [0, 0.05) is 36.1 Å². The third kappa shape index (κ3) is 3.61. The van der Waals surface area contributed by atoms with Gasteiger partial charge in [-0.15, -0.1) is 11.3 Å². The van der Waals surface area contributed by atoms with Crippen molar-refractivity contribution < 1.29 is 4.79 Å². The van der Waals surface area contributed by atoms with Crippen LogP contribution in [0.4, 0.5) is 0 Å². The highest BCUT2D eigenvalue weighted by Crippen LogP contribution is 2.24. The molecule has 2 aromatic rings. The van der Waals surface area contributed by atoms with Crippen molar-refractivity contribution in [1.82, 2.24) is 10.2 Å². The fourth-order valence-electron chi connectivity index (χ4n) is 2.81. The molecule has 1 aliphatic rings. The first-order chi connectivity index (χ1) is 11.2. The molecule has 5 heteroatoms. The first-order valence-electron chi connectivity index (χ1n) is 7.75. The molecule has 1 aromatic carbocycles. The van der Waals surface area contributed by atoms with E-state index in [9.17, 15) is 4.79 Å². The Bertz CT molecular complexity index is 729. The Morgan fingerprint density at radius 1 is 1.39 bits per heavy atom. The average Bonchev–Trinajstić information content (AvgIpc) is 3.07. The number of fused-ring (bicyclic) bond motifs is 1. The lowest BCUT2D eigenvalue weighted by atomic mass is 10.1. The molecule has 1 unspecified atom stereocenters. The lowest BCUT2D eigenvalue weighted by molar-refractivity contribution is 0.0932. The quantitative estimate of drug-likeness (QED) is 0.940. The van der Waals surface area contributed by atoms with Gasteiger partial charge in [0.1, 0.15) is 0 Å². The van der Waals surface area contributed by atoms with Gasteiger partial charge < -0.3 is 5.32 Å². The van der Waals surface area contributed by atoms with Gasteiger partial charge in [-0.1, -0.05) is 0 Å². The van der Waals surface area contributed by atoms with Crippen LogP contribution >= 0.6 is 11.3 Å². The number of carbonyl (C=O) groups excluding carboxylic acids is 1. The zero-order valence-corrected chi connectivity index (χ0v) is 13.9. The number of nitriles is 1. The summed E-state index contributed by atoms with van der Waals surface area (Å²) >= 11 is 1.84. The molecule has 0 spiro atoms. The molecular weight excluding hydrogens is 306 g/mol. The van der Waals surface area contributed by atoms with E-state index in [2.05, 4.69) is 34.7 Å². The molecule has 23 heavy (non-hydrogen) atoms. The minimum atomic E-state index is -0.0884. The number of amides is 1. The smallest absolute Gasteiger partial charge is 0.251 e. The summed E-state index contributed by atoms with van der Waals surface area (Å²) in [4.78, 5) is 16.1. The van der Waals surface area contributed by atoms with Gasteiger partial charge in [0.15, 0.2) is 0 Å². The maximum absolute atomic E-state index is 12.2. The average molecular weight is 325 g/mol. The zero-order chi connectivity index (χ0) is 16.2. The Kier molecular flexibility index (Phi) is 4.75. The summed E-state index contributed by atoms with van der Waals surface area (Å²) in [7, 11) is 0. The molecule has 0 radical (unpaired) electrons. The number of thiophene rings is 1. The molecule has 3 rings (SSSR count). The number of carbonyl (C=O) groups is 1. The first kappa shape index (κ1) is 15.7. The highest BCUT2D eigenvalue weighted by atomic mass is 32.1. The Hall–Kier alpha value is -2.16. The van der Waals surface area contributed by atoms with E-state index in [4.69, 9.17) is 5.26 Å². The maximum atomic E-state index is 12.2. The predicted octanol–water partition coefficient (Wildman–Crippen LogP) is 2.80. The highest BCUT2D eigenvalue weighted by molar-refractivity contribution is 7.10. The zero-order valence-electron chi connectivity index (χ0n) is 13.1. The van der Waals surface area contributed by atoms with Crippen LogP contribution in [0.5, 0.6) is 0 Å². The monoisotopic (exact) mass is 325 g/mol. The van der Waals surface area contributed by atoms with Crippen molar-refractivity contribution in [2.45, 2.75) is 25.9 Å². The van der Waals surface area contributed by atoms with Crippen LogP contribution in [-0.4, -0.2) is 29.9 Å². The fourth-order valence-corrected chi connectivity index (χ4v) is 3.70. The Labute approximate surface area is 140 Å². The van der Waals surface area contributed by atoms with Crippen LogP contribution in [0.3, 0.4) is 0 Å². The van der Waals surface area contributed by atoms with Crippen molar-refractivity contribution >= 4 is 17.2 Å². The Morgan fingerprint density at radius 2 is 2.17 bits per heavy atom. The molecule has 0 fully saturated rings. The lowest BCUT2D eigenvalue weighted by Gasteiger charge is -2.32. The second kappa shape index (κ2) is 6.95. The van der Waals surface area contributed by atoms with Crippen LogP contribution in [0.1, 0.15) is 33.3 Å². The maximum Gasteiger partial charge on any atom is 0.251 e. The molecule has 1 atom stereocenters. The fraction of sp³-hybridized carbons (Fsp3) is 0.333. The molecule has 1 aromatic heterocycles. The predicted molar refractivity (Wildman–Crippen MR) is 91.4 cm³/mol. The van der Waals surface area contributed by atoms with Crippen molar-refractivity contribution in [3.05, 3.63) is 57.3 Å². The van der Waals surface area contributed by atoms with E-state index < -0.39 is 0 Å². The van der Waals surface area contributed by atoms with Gasteiger partial charge in [-0.25, -0.2) is 0 Å². The Morgan fingerprint density at radius 3 is 2.91 bits per heavy atom. The molecule has 0 aliphatic carbocycles. The molecular formula is C18H19N3OS. The van der Waals surface area contributed by atoms with E-state index in [1.165, 1.54) is 10.4 Å². The molecule has 0 bridgehead atoms. The van der Waals surface area contributed by atoms with E-state index in [0.717, 1.165) is 19.5 Å². The summed E-state index contributed by atoms with van der Waals surface area (Å²) in [5.74, 6) is -0.0884. The van der Waals surface area contributed by atoms with Crippen LogP contribution in [0.15, 0.2) is 35.7 Å². The van der Waals surface area contributed by atoms with Gasteiger partial charge in [0.2, 0.25) is 0 Å². The van der Waals surface area contributed by atoms with E-state index in [0.29, 0.717) is 23.7 Å². The summed E-state index contributed by atoms with van der Waals surface area (Å²) in [5, 5.41) is 13.9. The second-order valence-electron chi connectivity index (χ2n) is 5.84. The van der Waals surface area contributed by atoms with Gasteiger partial charge in [-0.2, -0.15) is 5.26 Å². The van der Waals surface area contributed by atoms with Crippen LogP contribution in [0, 0.1) is 11.3 Å². The van der Waals surface area contributed by atoms with Gasteiger partial charge in [-0.05, 0) is 54.6 Å². The molecule has 1 amide bonds. The molecule has 4 nitrogen and oxygen atoms in total. The number of nitrogens with zero attached hydrogens (tertiary/aromatic N) is 2. The van der Waals surface area contributed by atoms with E-state index in [1.54, 1.807) is 24.3 Å². The van der Waals surface area contributed by atoms with Gasteiger partial charge in [0.05, 0.1) is 11.6 Å². The molecule has 0 saturated heterocycles. The minimum absolute atomic E-state index is 0.0884. The normalized spacial score (nSPS) is 15.5. The topological polar surface area (TPSA) is 56.1 Å². The van der Waals surface area contributed by atoms with Crippen molar-refractivity contribution in [1.29, 1.82) is 5.26 Å². The number of nitrogens with one attached hydrogen (secondary N) is 1. The third-order valence-corrected chi connectivity index (χ3v) is 5.32. The summed E-state index contributed by atoms with van der Waals surface area (Å²) in [6, 6.07) is 11.3. The summed E-state index contributed by atoms with van der Waals surface area (Å²) in [6.07, 6.45) is 1.10. The van der Waals surface area contributed by atoms with Gasteiger partial charge in [0.25, 0.3) is 5.91 Å². The standard InChI is InChI=1S/C18H19N3OS/c1-13(21-8-6-17-16(12-21)7-9-23-17)11-20-18(22)15-4-2-14(10-19)3-5-15/h2-5,7,9,13H,6,8,11-12H2,1H3,(H,20,22). The van der Waals surface area contributed by atoms with Crippen LogP contribution in [0.2, 0.25) is 0 Å². The first-order valence-corrected chi connectivity index (χ1v) is 8.63. The van der Waals surface area contributed by atoms with E-state index >= 15 is 0 Å².